The lowest BCUT2D eigenvalue weighted by molar-refractivity contribution is 0.264. The van der Waals surface area contributed by atoms with Crippen molar-refractivity contribution in [1.82, 2.24) is 15.5 Å². The van der Waals surface area contributed by atoms with Crippen molar-refractivity contribution >= 4 is 17.6 Å². The molecule has 0 bridgehead atoms. The molecule has 5 heteroatoms. The fraction of sp³-hybridized carbons (Fsp3) is 0.588. The number of hydrogen-bond acceptors (Lipinski definition) is 2. The van der Waals surface area contributed by atoms with E-state index in [-0.39, 0.29) is 0 Å². The number of halogens is 1. The zero-order valence-electron chi connectivity index (χ0n) is 13.8. The molecule has 1 aromatic rings. The van der Waals surface area contributed by atoms with Crippen LogP contribution in [-0.2, 0) is 6.42 Å². The quantitative estimate of drug-likeness (QED) is 0.598. The molecule has 122 valence electrons. The zero-order valence-corrected chi connectivity index (χ0v) is 14.5. The Balaban J connectivity index is 1.71. The first kappa shape index (κ1) is 17.1. The van der Waals surface area contributed by atoms with Crippen LogP contribution in [0.25, 0.3) is 0 Å². The van der Waals surface area contributed by atoms with Crippen LogP contribution in [0.1, 0.15) is 18.4 Å². The molecule has 2 N–H and O–H groups in total. The van der Waals surface area contributed by atoms with Crippen molar-refractivity contribution in [2.75, 3.05) is 34.2 Å². The summed E-state index contributed by atoms with van der Waals surface area (Å²) in [6, 6.07) is 8.59. The first-order chi connectivity index (χ1) is 10.6. The lowest BCUT2D eigenvalue weighted by Gasteiger charge is -2.25. The third-order valence-corrected chi connectivity index (χ3v) is 4.40. The van der Waals surface area contributed by atoms with E-state index in [1.165, 1.54) is 18.4 Å². The van der Waals surface area contributed by atoms with Gasteiger partial charge in [-0.2, -0.15) is 0 Å². The molecule has 1 fully saturated rings. The predicted octanol–water partition coefficient (Wildman–Crippen LogP) is 2.39. The Morgan fingerprint density at radius 1 is 1.27 bits per heavy atom. The maximum Gasteiger partial charge on any atom is 0.191 e. The van der Waals surface area contributed by atoms with Crippen molar-refractivity contribution in [3.05, 3.63) is 34.9 Å². The summed E-state index contributed by atoms with van der Waals surface area (Å²) in [5.41, 5.74) is 1.27. The van der Waals surface area contributed by atoms with Crippen molar-refractivity contribution in [3.8, 4) is 0 Å². The lowest BCUT2D eigenvalue weighted by Crippen LogP contribution is -2.46. The molecule has 1 atom stereocenters. The highest BCUT2D eigenvalue weighted by atomic mass is 35.5. The Bertz CT molecular complexity index is 478. The van der Waals surface area contributed by atoms with Crippen molar-refractivity contribution in [1.29, 1.82) is 0 Å². The van der Waals surface area contributed by atoms with E-state index in [2.05, 4.69) is 46.8 Å². The molecular formula is C17H27ClN4. The molecule has 0 saturated heterocycles. The van der Waals surface area contributed by atoms with Gasteiger partial charge in [0.25, 0.3) is 0 Å². The first-order valence-electron chi connectivity index (χ1n) is 7.95. The van der Waals surface area contributed by atoms with E-state index in [4.69, 9.17) is 11.6 Å². The third kappa shape index (κ3) is 5.50. The number of aliphatic imine (C=N–C) groups is 1. The third-order valence-electron chi connectivity index (χ3n) is 4.15. The van der Waals surface area contributed by atoms with Gasteiger partial charge in [-0.3, -0.25) is 4.99 Å². The van der Waals surface area contributed by atoms with E-state index in [0.29, 0.717) is 6.04 Å². The summed E-state index contributed by atoms with van der Waals surface area (Å²) in [5, 5.41) is 7.60. The molecule has 1 aliphatic rings. The maximum absolute atomic E-state index is 5.90. The average Bonchev–Trinajstić information content (AvgIpc) is 3.32. The van der Waals surface area contributed by atoms with Crippen molar-refractivity contribution in [2.45, 2.75) is 25.3 Å². The molecule has 22 heavy (non-hydrogen) atoms. The number of nitrogens with one attached hydrogen (secondary N) is 2. The Hall–Kier alpha value is -1.26. The maximum atomic E-state index is 5.90. The van der Waals surface area contributed by atoms with E-state index >= 15 is 0 Å². The molecule has 0 aliphatic heterocycles. The first-order valence-corrected chi connectivity index (χ1v) is 8.33. The van der Waals surface area contributed by atoms with Crippen LogP contribution in [0.15, 0.2) is 29.3 Å². The molecule has 4 nitrogen and oxygen atoms in total. The van der Waals surface area contributed by atoms with Gasteiger partial charge in [0.15, 0.2) is 5.96 Å². The number of benzene rings is 1. The monoisotopic (exact) mass is 322 g/mol. The molecule has 1 aliphatic carbocycles. The van der Waals surface area contributed by atoms with Crippen LogP contribution < -0.4 is 10.6 Å². The van der Waals surface area contributed by atoms with Crippen molar-refractivity contribution in [2.24, 2.45) is 10.9 Å². The summed E-state index contributed by atoms with van der Waals surface area (Å²) in [6.07, 6.45) is 3.66. The smallest absolute Gasteiger partial charge is 0.191 e. The molecule has 1 aromatic carbocycles. The van der Waals surface area contributed by atoms with E-state index < -0.39 is 0 Å². The van der Waals surface area contributed by atoms with Gasteiger partial charge in [0.2, 0.25) is 0 Å². The summed E-state index contributed by atoms with van der Waals surface area (Å²) in [5.74, 6) is 1.72. The normalized spacial score (nSPS) is 16.7. The molecular weight excluding hydrogens is 296 g/mol. The summed E-state index contributed by atoms with van der Waals surface area (Å²) in [7, 11) is 6.13. The number of nitrogens with zero attached hydrogens (tertiary/aromatic N) is 2. The fourth-order valence-electron chi connectivity index (χ4n) is 2.65. The number of hydrogen-bond donors (Lipinski definition) is 2. The van der Waals surface area contributed by atoms with Crippen LogP contribution >= 0.6 is 11.6 Å². The second kappa shape index (κ2) is 8.39. The predicted molar refractivity (Wildman–Crippen MR) is 94.7 cm³/mol. The SMILES string of the molecule is CN=C(NCCc1ccc(Cl)cc1)NCC(C1CC1)N(C)C. The van der Waals surface area contributed by atoms with Gasteiger partial charge in [-0.15, -0.1) is 0 Å². The number of guanidine groups is 1. The van der Waals surface area contributed by atoms with Gasteiger partial charge < -0.3 is 15.5 Å². The van der Waals surface area contributed by atoms with Crippen LogP contribution in [0.4, 0.5) is 0 Å². The van der Waals surface area contributed by atoms with E-state index in [9.17, 15) is 0 Å². The van der Waals surface area contributed by atoms with E-state index in [1.807, 2.05) is 19.2 Å². The second-order valence-electron chi connectivity index (χ2n) is 6.12. The molecule has 0 aromatic heterocycles. The van der Waals surface area contributed by atoms with E-state index in [0.717, 1.165) is 36.4 Å². The van der Waals surface area contributed by atoms with Crippen LogP contribution in [0.2, 0.25) is 5.02 Å². The highest BCUT2D eigenvalue weighted by Gasteiger charge is 2.32. The summed E-state index contributed by atoms with van der Waals surface area (Å²) >= 11 is 5.90. The summed E-state index contributed by atoms with van der Waals surface area (Å²) in [6.45, 7) is 1.80. The molecule has 0 radical (unpaired) electrons. The molecule has 2 rings (SSSR count). The van der Waals surface area contributed by atoms with Crippen LogP contribution in [0.5, 0.6) is 0 Å². The van der Waals surface area contributed by atoms with Gasteiger partial charge in [-0.05, 0) is 57.0 Å². The van der Waals surface area contributed by atoms with Crippen LogP contribution in [0, 0.1) is 5.92 Å². The lowest BCUT2D eigenvalue weighted by atomic mass is 10.1. The van der Waals surface area contributed by atoms with Crippen LogP contribution in [0.3, 0.4) is 0 Å². The molecule has 0 spiro atoms. The van der Waals surface area contributed by atoms with Gasteiger partial charge in [-0.1, -0.05) is 23.7 Å². The highest BCUT2D eigenvalue weighted by molar-refractivity contribution is 6.30. The standard InChI is InChI=1S/C17H27ClN4/c1-19-17(21-12-16(22(2)3)14-6-7-14)20-11-10-13-4-8-15(18)9-5-13/h4-5,8-9,14,16H,6-7,10-12H2,1-3H3,(H2,19,20,21). The van der Waals surface area contributed by atoms with Crippen molar-refractivity contribution < 1.29 is 0 Å². The van der Waals surface area contributed by atoms with Crippen LogP contribution in [-0.4, -0.2) is 51.1 Å². The van der Waals surface area contributed by atoms with Gasteiger partial charge in [0, 0.05) is 31.2 Å². The van der Waals surface area contributed by atoms with Gasteiger partial charge in [0.05, 0.1) is 0 Å². The van der Waals surface area contributed by atoms with E-state index in [1.54, 1.807) is 0 Å². The Morgan fingerprint density at radius 3 is 2.50 bits per heavy atom. The number of rotatable bonds is 7. The Labute approximate surface area is 138 Å². The second-order valence-corrected chi connectivity index (χ2v) is 6.56. The summed E-state index contributed by atoms with van der Waals surface area (Å²) < 4.78 is 0. The molecule has 1 unspecified atom stereocenters. The fourth-order valence-corrected chi connectivity index (χ4v) is 2.78. The minimum Gasteiger partial charge on any atom is -0.356 e. The number of likely N-dealkylation sites (N-methyl/N-ethyl adjacent to an activating group) is 1. The average molecular weight is 323 g/mol. The van der Waals surface area contributed by atoms with Gasteiger partial charge in [-0.25, -0.2) is 0 Å². The molecule has 0 amide bonds. The molecule has 1 saturated carbocycles. The minimum atomic E-state index is 0.592. The Kier molecular flexibility index (Phi) is 6.52. The molecule has 0 heterocycles. The Morgan fingerprint density at radius 2 is 1.95 bits per heavy atom. The summed E-state index contributed by atoms with van der Waals surface area (Å²) in [4.78, 5) is 6.61. The largest absolute Gasteiger partial charge is 0.356 e. The topological polar surface area (TPSA) is 39.7 Å². The highest BCUT2D eigenvalue weighted by Crippen LogP contribution is 2.34. The van der Waals surface area contributed by atoms with Gasteiger partial charge >= 0.3 is 0 Å². The van der Waals surface area contributed by atoms with Gasteiger partial charge in [0.1, 0.15) is 0 Å². The zero-order chi connectivity index (χ0) is 15.9. The van der Waals surface area contributed by atoms with Crippen molar-refractivity contribution in [3.63, 3.8) is 0 Å². The minimum absolute atomic E-state index is 0.592.